The number of aryl methyl sites for hydroxylation is 1. The molecule has 1 aromatic carbocycles. The fourth-order valence-electron chi connectivity index (χ4n) is 2.22. The van der Waals surface area contributed by atoms with Gasteiger partial charge in [0.05, 0.1) is 11.3 Å². The van der Waals surface area contributed by atoms with E-state index < -0.39 is 5.97 Å². The highest BCUT2D eigenvalue weighted by atomic mass is 32.2. The molecule has 0 bridgehead atoms. The number of carboxylic acid groups (broad SMARTS) is 1. The minimum Gasteiger partial charge on any atom is -0.478 e. The average Bonchev–Trinajstić information content (AvgIpc) is 2.59. The SMILES string of the molecule is C[C@H](CCc1ccccc1)NC(=O)CSc1ncccc1C(=O)O. The number of nitrogens with one attached hydrogen (secondary N) is 1. The zero-order valence-electron chi connectivity index (χ0n) is 13.4. The number of nitrogens with zero attached hydrogens (tertiary/aromatic N) is 1. The van der Waals surface area contributed by atoms with Crippen LogP contribution in [0.1, 0.15) is 29.3 Å². The lowest BCUT2D eigenvalue weighted by Gasteiger charge is -2.14. The van der Waals surface area contributed by atoms with Crippen molar-refractivity contribution in [1.29, 1.82) is 0 Å². The van der Waals surface area contributed by atoms with Gasteiger partial charge in [-0.3, -0.25) is 4.79 Å². The molecule has 24 heavy (non-hydrogen) atoms. The minimum atomic E-state index is -1.04. The van der Waals surface area contributed by atoms with Crippen molar-refractivity contribution in [2.45, 2.75) is 30.8 Å². The molecule has 2 N–H and O–H groups in total. The fraction of sp³-hybridized carbons (Fsp3) is 0.278. The van der Waals surface area contributed by atoms with E-state index in [0.717, 1.165) is 24.6 Å². The van der Waals surface area contributed by atoms with E-state index in [4.69, 9.17) is 5.11 Å². The average molecular weight is 344 g/mol. The van der Waals surface area contributed by atoms with Crippen molar-refractivity contribution in [1.82, 2.24) is 10.3 Å². The maximum atomic E-state index is 12.0. The van der Waals surface area contributed by atoms with Crippen LogP contribution in [0.2, 0.25) is 0 Å². The molecule has 0 aliphatic heterocycles. The van der Waals surface area contributed by atoms with Crippen molar-refractivity contribution >= 4 is 23.6 Å². The first kappa shape index (κ1) is 18.0. The van der Waals surface area contributed by atoms with Gasteiger partial charge in [-0.1, -0.05) is 42.1 Å². The Bertz CT molecular complexity index is 692. The summed E-state index contributed by atoms with van der Waals surface area (Å²) < 4.78 is 0. The van der Waals surface area contributed by atoms with Gasteiger partial charge >= 0.3 is 5.97 Å². The van der Waals surface area contributed by atoms with Crippen LogP contribution in [0.5, 0.6) is 0 Å². The first-order chi connectivity index (χ1) is 11.6. The van der Waals surface area contributed by atoms with Crippen molar-refractivity contribution in [2.24, 2.45) is 0 Å². The topological polar surface area (TPSA) is 79.3 Å². The van der Waals surface area contributed by atoms with Crippen LogP contribution >= 0.6 is 11.8 Å². The number of pyridine rings is 1. The van der Waals surface area contributed by atoms with Crippen LogP contribution in [0.4, 0.5) is 0 Å². The highest BCUT2D eigenvalue weighted by Crippen LogP contribution is 2.19. The fourth-order valence-corrected chi connectivity index (χ4v) is 3.02. The summed E-state index contributed by atoms with van der Waals surface area (Å²) in [4.78, 5) is 27.2. The van der Waals surface area contributed by atoms with Crippen LogP contribution < -0.4 is 5.32 Å². The highest BCUT2D eigenvalue weighted by Gasteiger charge is 2.14. The van der Waals surface area contributed by atoms with E-state index in [1.165, 1.54) is 17.8 Å². The molecule has 0 aliphatic carbocycles. The lowest BCUT2D eigenvalue weighted by molar-refractivity contribution is -0.119. The molecule has 0 fully saturated rings. The van der Waals surface area contributed by atoms with Gasteiger partial charge in [-0.15, -0.1) is 0 Å². The number of thioether (sulfide) groups is 1. The maximum Gasteiger partial charge on any atom is 0.338 e. The Labute approximate surface area is 145 Å². The summed E-state index contributed by atoms with van der Waals surface area (Å²) in [5.41, 5.74) is 1.36. The van der Waals surface area contributed by atoms with Crippen molar-refractivity contribution < 1.29 is 14.7 Å². The zero-order chi connectivity index (χ0) is 17.4. The molecule has 1 amide bonds. The van der Waals surface area contributed by atoms with Crippen LogP contribution in [0.3, 0.4) is 0 Å². The molecular weight excluding hydrogens is 324 g/mol. The Morgan fingerprint density at radius 3 is 2.67 bits per heavy atom. The Morgan fingerprint density at radius 1 is 1.21 bits per heavy atom. The number of rotatable bonds is 8. The van der Waals surface area contributed by atoms with Gasteiger partial charge < -0.3 is 10.4 Å². The number of carboxylic acids is 1. The summed E-state index contributed by atoms with van der Waals surface area (Å²) in [5, 5.41) is 12.4. The smallest absolute Gasteiger partial charge is 0.338 e. The predicted molar refractivity (Wildman–Crippen MR) is 94.3 cm³/mol. The molecule has 0 saturated carbocycles. The van der Waals surface area contributed by atoms with E-state index in [2.05, 4.69) is 22.4 Å². The molecule has 0 unspecified atom stereocenters. The molecule has 126 valence electrons. The number of hydrogen-bond donors (Lipinski definition) is 2. The summed E-state index contributed by atoms with van der Waals surface area (Å²) in [6, 6.07) is 13.2. The van der Waals surface area contributed by atoms with Gasteiger partial charge in [-0.25, -0.2) is 9.78 Å². The molecule has 5 nitrogen and oxygen atoms in total. The maximum absolute atomic E-state index is 12.0. The summed E-state index contributed by atoms with van der Waals surface area (Å²) >= 11 is 1.14. The Balaban J connectivity index is 1.78. The van der Waals surface area contributed by atoms with Gasteiger partial charge in [-0.05, 0) is 37.5 Å². The van der Waals surface area contributed by atoms with E-state index >= 15 is 0 Å². The summed E-state index contributed by atoms with van der Waals surface area (Å²) in [6.45, 7) is 1.97. The molecule has 2 aromatic rings. The molecule has 1 heterocycles. The van der Waals surface area contributed by atoms with Crippen molar-refractivity contribution in [3.05, 3.63) is 59.8 Å². The quantitative estimate of drug-likeness (QED) is 0.720. The third-order valence-electron chi connectivity index (χ3n) is 3.46. The second kappa shape index (κ2) is 9.08. The van der Waals surface area contributed by atoms with E-state index in [-0.39, 0.29) is 23.3 Å². The van der Waals surface area contributed by atoms with Crippen LogP contribution in [0, 0.1) is 0 Å². The monoisotopic (exact) mass is 344 g/mol. The number of aromatic nitrogens is 1. The zero-order valence-corrected chi connectivity index (χ0v) is 14.3. The lowest BCUT2D eigenvalue weighted by atomic mass is 10.1. The summed E-state index contributed by atoms with van der Waals surface area (Å²) in [5.74, 6) is -1.02. The predicted octanol–water partition coefficient (Wildman–Crippen LogP) is 3.01. The van der Waals surface area contributed by atoms with Gasteiger partial charge in [0.15, 0.2) is 0 Å². The molecule has 0 spiro atoms. The molecule has 0 radical (unpaired) electrons. The third-order valence-corrected chi connectivity index (χ3v) is 4.46. The first-order valence-electron chi connectivity index (χ1n) is 7.70. The Kier molecular flexibility index (Phi) is 6.81. The molecule has 0 aliphatic rings. The number of carbonyl (C=O) groups is 2. The number of amides is 1. The minimum absolute atomic E-state index is 0.0565. The molecule has 1 atom stereocenters. The van der Waals surface area contributed by atoms with Crippen molar-refractivity contribution in [3.63, 3.8) is 0 Å². The molecule has 0 saturated heterocycles. The van der Waals surface area contributed by atoms with Gasteiger partial charge in [0.1, 0.15) is 5.03 Å². The molecule has 1 aromatic heterocycles. The second-order valence-electron chi connectivity index (χ2n) is 5.44. The lowest BCUT2D eigenvalue weighted by Crippen LogP contribution is -2.34. The van der Waals surface area contributed by atoms with Crippen LogP contribution in [-0.4, -0.2) is 33.8 Å². The van der Waals surface area contributed by atoms with E-state index in [1.54, 1.807) is 6.07 Å². The number of carbonyl (C=O) groups excluding carboxylic acids is 1. The van der Waals surface area contributed by atoms with Crippen LogP contribution in [-0.2, 0) is 11.2 Å². The van der Waals surface area contributed by atoms with Gasteiger partial charge in [-0.2, -0.15) is 0 Å². The highest BCUT2D eigenvalue weighted by molar-refractivity contribution is 8.00. The van der Waals surface area contributed by atoms with Gasteiger partial charge in [0, 0.05) is 12.2 Å². The van der Waals surface area contributed by atoms with E-state index in [9.17, 15) is 9.59 Å². The number of hydrogen-bond acceptors (Lipinski definition) is 4. The molecule has 6 heteroatoms. The first-order valence-corrected chi connectivity index (χ1v) is 8.69. The largest absolute Gasteiger partial charge is 0.478 e. The number of benzene rings is 1. The standard InChI is InChI=1S/C18H20N2O3S/c1-13(9-10-14-6-3-2-4-7-14)20-16(21)12-24-17-15(18(22)23)8-5-11-19-17/h2-8,11,13H,9-10,12H2,1H3,(H,20,21)(H,22,23)/t13-/m1/s1. The molecule has 2 rings (SSSR count). The third kappa shape index (κ3) is 5.70. The Hall–Kier alpha value is -2.34. The van der Waals surface area contributed by atoms with Gasteiger partial charge in [0.25, 0.3) is 0 Å². The van der Waals surface area contributed by atoms with Crippen LogP contribution in [0.25, 0.3) is 0 Å². The van der Waals surface area contributed by atoms with Crippen molar-refractivity contribution in [2.75, 3.05) is 5.75 Å². The summed E-state index contributed by atoms with van der Waals surface area (Å²) in [6.07, 6.45) is 3.28. The second-order valence-corrected chi connectivity index (χ2v) is 6.41. The van der Waals surface area contributed by atoms with Gasteiger partial charge in [0.2, 0.25) is 5.91 Å². The summed E-state index contributed by atoms with van der Waals surface area (Å²) in [7, 11) is 0. The number of aromatic carboxylic acids is 1. The van der Waals surface area contributed by atoms with Crippen LogP contribution in [0.15, 0.2) is 53.7 Å². The van der Waals surface area contributed by atoms with E-state index in [0.29, 0.717) is 5.03 Å². The Morgan fingerprint density at radius 2 is 1.96 bits per heavy atom. The van der Waals surface area contributed by atoms with Crippen molar-refractivity contribution in [3.8, 4) is 0 Å². The normalized spacial score (nSPS) is 11.7. The van der Waals surface area contributed by atoms with E-state index in [1.807, 2.05) is 25.1 Å². The molecular formula is C18H20N2O3S.